The smallest absolute Gasteiger partial charge is 0.227 e. The van der Waals surface area contributed by atoms with Crippen LogP contribution in [-0.4, -0.2) is 4.98 Å². The molecule has 5 heteroatoms. The van der Waals surface area contributed by atoms with E-state index >= 15 is 0 Å². The molecular weight excluding hydrogens is 408 g/mol. The van der Waals surface area contributed by atoms with Gasteiger partial charge in [0.2, 0.25) is 5.89 Å². The zero-order chi connectivity index (χ0) is 15.9. The van der Waals surface area contributed by atoms with Gasteiger partial charge in [-0.15, -0.1) is 0 Å². The Hall–Kier alpha value is -1.33. The molecule has 1 aromatic heterocycles. The van der Waals surface area contributed by atoms with Crippen molar-refractivity contribution in [2.45, 2.75) is 26.2 Å². The van der Waals surface area contributed by atoms with E-state index in [2.05, 4.69) is 75.0 Å². The zero-order valence-corrected chi connectivity index (χ0v) is 15.5. The first kappa shape index (κ1) is 15.6. The number of oxazole rings is 1. The number of fused-ring (bicyclic) bond motifs is 1. The van der Waals surface area contributed by atoms with Gasteiger partial charge in [-0.1, -0.05) is 26.0 Å². The Morgan fingerprint density at radius 2 is 1.91 bits per heavy atom. The van der Waals surface area contributed by atoms with Crippen LogP contribution in [0.1, 0.15) is 31.7 Å². The molecule has 0 spiro atoms. The highest BCUT2D eigenvalue weighted by atomic mass is 79.9. The van der Waals surface area contributed by atoms with E-state index in [0.717, 1.165) is 26.4 Å². The molecule has 0 aliphatic rings. The number of nitrogen functional groups attached to an aromatic ring is 1. The summed E-state index contributed by atoms with van der Waals surface area (Å²) in [5, 5.41) is 0. The Kier molecular flexibility index (Phi) is 4.28. The lowest BCUT2D eigenvalue weighted by molar-refractivity contribution is 0.619. The summed E-state index contributed by atoms with van der Waals surface area (Å²) in [6.07, 6.45) is 1.13. The minimum Gasteiger partial charge on any atom is -0.436 e. The lowest BCUT2D eigenvalue weighted by atomic mass is 9.98. The van der Waals surface area contributed by atoms with Crippen molar-refractivity contribution >= 4 is 48.6 Å². The van der Waals surface area contributed by atoms with Gasteiger partial charge < -0.3 is 10.2 Å². The van der Waals surface area contributed by atoms with Crippen molar-refractivity contribution in [3.05, 3.63) is 44.8 Å². The van der Waals surface area contributed by atoms with Crippen LogP contribution in [0.5, 0.6) is 0 Å². The molecule has 1 atom stereocenters. The summed E-state index contributed by atoms with van der Waals surface area (Å²) in [6, 6.07) is 10.2. The fraction of sp³-hybridized carbons (Fsp3) is 0.235. The quantitative estimate of drug-likeness (QED) is 0.516. The van der Waals surface area contributed by atoms with E-state index in [1.54, 1.807) is 0 Å². The fourth-order valence-electron chi connectivity index (χ4n) is 2.33. The summed E-state index contributed by atoms with van der Waals surface area (Å²) in [5.41, 5.74) is 10.3. The molecule has 0 fully saturated rings. The van der Waals surface area contributed by atoms with Gasteiger partial charge >= 0.3 is 0 Å². The van der Waals surface area contributed by atoms with Gasteiger partial charge in [0.1, 0.15) is 5.52 Å². The zero-order valence-electron chi connectivity index (χ0n) is 12.4. The van der Waals surface area contributed by atoms with Gasteiger partial charge in [-0.3, -0.25) is 0 Å². The monoisotopic (exact) mass is 422 g/mol. The van der Waals surface area contributed by atoms with Crippen molar-refractivity contribution < 1.29 is 4.42 Å². The Balaban J connectivity index is 2.05. The second-order valence-corrected chi connectivity index (χ2v) is 7.03. The minimum absolute atomic E-state index is 0.558. The van der Waals surface area contributed by atoms with Crippen molar-refractivity contribution in [1.29, 1.82) is 0 Å². The normalized spacial score (nSPS) is 12.7. The van der Waals surface area contributed by atoms with E-state index in [9.17, 15) is 0 Å². The SMILES string of the molecule is CC[C@@H](C)c1ccc(-c2nc3c(Br)c(N)c(Br)cc3o2)cc1. The van der Waals surface area contributed by atoms with E-state index in [4.69, 9.17) is 10.2 Å². The Morgan fingerprint density at radius 1 is 1.23 bits per heavy atom. The lowest BCUT2D eigenvalue weighted by Gasteiger charge is -2.08. The molecule has 0 bridgehead atoms. The average Bonchev–Trinajstić information content (AvgIpc) is 2.96. The topological polar surface area (TPSA) is 52.0 Å². The number of aromatic nitrogens is 1. The van der Waals surface area contributed by atoms with Crippen molar-refractivity contribution in [3.8, 4) is 11.5 Å². The van der Waals surface area contributed by atoms with Crippen molar-refractivity contribution in [2.24, 2.45) is 0 Å². The number of rotatable bonds is 3. The molecule has 3 nitrogen and oxygen atoms in total. The van der Waals surface area contributed by atoms with Crippen LogP contribution >= 0.6 is 31.9 Å². The molecule has 0 aliphatic carbocycles. The van der Waals surface area contributed by atoms with Crippen molar-refractivity contribution in [2.75, 3.05) is 5.73 Å². The predicted molar refractivity (Wildman–Crippen MR) is 98.0 cm³/mol. The highest BCUT2D eigenvalue weighted by Crippen LogP contribution is 2.37. The van der Waals surface area contributed by atoms with Crippen LogP contribution in [0.3, 0.4) is 0 Å². The summed E-state index contributed by atoms with van der Waals surface area (Å²) in [4.78, 5) is 4.56. The molecule has 3 rings (SSSR count). The largest absolute Gasteiger partial charge is 0.436 e. The molecule has 0 amide bonds. The van der Waals surface area contributed by atoms with Crippen molar-refractivity contribution in [3.63, 3.8) is 0 Å². The summed E-state index contributed by atoms with van der Waals surface area (Å²) >= 11 is 6.90. The molecule has 0 saturated carbocycles. The summed E-state index contributed by atoms with van der Waals surface area (Å²) in [7, 11) is 0. The highest BCUT2D eigenvalue weighted by molar-refractivity contribution is 9.11. The molecular formula is C17H16Br2N2O. The van der Waals surface area contributed by atoms with Gasteiger partial charge in [-0.2, -0.15) is 0 Å². The molecule has 2 N–H and O–H groups in total. The summed E-state index contributed by atoms with van der Waals surface area (Å²) in [5.74, 6) is 1.16. The average molecular weight is 424 g/mol. The maximum atomic E-state index is 5.99. The van der Waals surface area contributed by atoms with Gasteiger partial charge in [0, 0.05) is 10.0 Å². The maximum absolute atomic E-state index is 5.99. The van der Waals surface area contributed by atoms with Crippen molar-refractivity contribution in [1.82, 2.24) is 4.98 Å². The molecule has 0 radical (unpaired) electrons. The second kappa shape index (κ2) is 6.05. The predicted octanol–water partition coefficient (Wildman–Crippen LogP) is 6.12. The first-order valence-corrected chi connectivity index (χ1v) is 8.74. The molecule has 0 aliphatic heterocycles. The van der Waals surface area contributed by atoms with Crippen LogP contribution in [0, 0.1) is 0 Å². The third kappa shape index (κ3) is 2.68. The third-order valence-electron chi connectivity index (χ3n) is 3.95. The number of anilines is 1. The van der Waals surface area contributed by atoms with E-state index in [-0.39, 0.29) is 0 Å². The molecule has 0 saturated heterocycles. The van der Waals surface area contributed by atoms with Gasteiger partial charge in [0.25, 0.3) is 0 Å². The Labute approximate surface area is 146 Å². The Bertz CT molecular complexity index is 825. The molecule has 1 heterocycles. The summed E-state index contributed by atoms with van der Waals surface area (Å²) < 4.78 is 7.42. The van der Waals surface area contributed by atoms with E-state index in [1.165, 1.54) is 5.56 Å². The molecule has 114 valence electrons. The number of nitrogens with zero attached hydrogens (tertiary/aromatic N) is 1. The van der Waals surface area contributed by atoms with Crippen LogP contribution < -0.4 is 5.73 Å². The van der Waals surface area contributed by atoms with Gasteiger partial charge in [0.05, 0.1) is 10.2 Å². The van der Waals surface area contributed by atoms with Gasteiger partial charge in [-0.05, 0) is 68.0 Å². The summed E-state index contributed by atoms with van der Waals surface area (Å²) in [6.45, 7) is 4.42. The number of hydrogen-bond donors (Lipinski definition) is 1. The standard InChI is InChI=1S/C17H16Br2N2O/c1-3-9(2)10-4-6-11(7-5-10)17-21-16-13(22-17)8-12(18)15(20)14(16)19/h4-9H,3,20H2,1-2H3/t9-/m1/s1. The van der Waals surface area contributed by atoms with Crippen LogP contribution in [0.4, 0.5) is 5.69 Å². The fourth-order valence-corrected chi connectivity index (χ4v) is 3.50. The van der Waals surface area contributed by atoms with Crippen LogP contribution in [0.2, 0.25) is 0 Å². The maximum Gasteiger partial charge on any atom is 0.227 e. The van der Waals surface area contributed by atoms with Gasteiger partial charge in [-0.25, -0.2) is 4.98 Å². The molecule has 0 unspecified atom stereocenters. The first-order chi connectivity index (χ1) is 10.5. The van der Waals surface area contributed by atoms with Crippen LogP contribution in [0.25, 0.3) is 22.6 Å². The number of nitrogens with two attached hydrogens (primary N) is 1. The van der Waals surface area contributed by atoms with E-state index in [1.807, 2.05) is 6.07 Å². The van der Waals surface area contributed by atoms with E-state index in [0.29, 0.717) is 23.1 Å². The molecule has 3 aromatic rings. The minimum atomic E-state index is 0.558. The highest BCUT2D eigenvalue weighted by Gasteiger charge is 2.15. The third-order valence-corrected chi connectivity index (χ3v) is 5.41. The number of halogens is 2. The Morgan fingerprint density at radius 3 is 2.55 bits per heavy atom. The van der Waals surface area contributed by atoms with Crippen LogP contribution in [0.15, 0.2) is 43.7 Å². The van der Waals surface area contributed by atoms with Gasteiger partial charge in [0.15, 0.2) is 5.58 Å². The molecule has 22 heavy (non-hydrogen) atoms. The lowest BCUT2D eigenvalue weighted by Crippen LogP contribution is -1.90. The molecule has 2 aromatic carbocycles. The number of benzene rings is 2. The first-order valence-electron chi connectivity index (χ1n) is 7.15. The van der Waals surface area contributed by atoms with Crippen LogP contribution in [-0.2, 0) is 0 Å². The second-order valence-electron chi connectivity index (χ2n) is 5.38. The number of hydrogen-bond acceptors (Lipinski definition) is 3. The van der Waals surface area contributed by atoms with E-state index < -0.39 is 0 Å².